The molecule has 2 rings (SSSR count). The number of benzene rings is 1. The zero-order chi connectivity index (χ0) is 12.5. The molecule has 1 unspecified atom stereocenters. The van der Waals surface area contributed by atoms with Crippen molar-refractivity contribution in [3.8, 4) is 5.75 Å². The third-order valence-corrected chi connectivity index (χ3v) is 5.48. The molecule has 1 aromatic carbocycles. The van der Waals surface area contributed by atoms with Gasteiger partial charge in [-0.25, -0.2) is 8.42 Å². The molecule has 1 aliphatic heterocycles. The molecule has 0 radical (unpaired) electrons. The molecule has 0 spiro atoms. The first-order valence-corrected chi connectivity index (χ1v) is 7.20. The number of nitrogens with one attached hydrogen (secondary N) is 1. The highest BCUT2D eigenvalue weighted by molar-refractivity contribution is 7.92. The number of hydrogen-bond donors (Lipinski definition) is 1. The smallest absolute Gasteiger partial charge is 0.182 e. The van der Waals surface area contributed by atoms with Crippen LogP contribution in [0.3, 0.4) is 0 Å². The molecule has 0 amide bonds. The van der Waals surface area contributed by atoms with E-state index in [0.717, 1.165) is 5.56 Å². The molecule has 0 saturated heterocycles. The third kappa shape index (κ3) is 2.05. The summed E-state index contributed by atoms with van der Waals surface area (Å²) in [6.45, 7) is 0.709. The van der Waals surface area contributed by atoms with Crippen molar-refractivity contribution in [1.29, 1.82) is 0 Å². The van der Waals surface area contributed by atoms with Crippen LogP contribution in [0, 0.1) is 0 Å². The Morgan fingerprint density at radius 1 is 1.47 bits per heavy atom. The van der Waals surface area contributed by atoms with E-state index >= 15 is 0 Å². The van der Waals surface area contributed by atoms with Crippen molar-refractivity contribution in [2.24, 2.45) is 0 Å². The minimum Gasteiger partial charge on any atom is -0.496 e. The van der Waals surface area contributed by atoms with Crippen LogP contribution in [0.5, 0.6) is 5.75 Å². The van der Waals surface area contributed by atoms with Gasteiger partial charge in [-0.2, -0.15) is 0 Å². The monoisotopic (exact) mass is 255 g/mol. The molecule has 1 heterocycles. The topological polar surface area (TPSA) is 55.4 Å². The normalized spacial score (nSPS) is 21.2. The molecule has 1 aliphatic rings. The van der Waals surface area contributed by atoms with Crippen LogP contribution in [0.15, 0.2) is 23.1 Å². The van der Waals surface area contributed by atoms with Crippen LogP contribution in [0.1, 0.15) is 12.0 Å². The van der Waals surface area contributed by atoms with E-state index in [4.69, 9.17) is 4.74 Å². The Bertz CT molecular complexity index is 510. The fourth-order valence-electron chi connectivity index (χ4n) is 2.28. The lowest BCUT2D eigenvalue weighted by atomic mass is 10.1. The predicted molar refractivity (Wildman–Crippen MR) is 66.2 cm³/mol. The molecule has 0 fully saturated rings. The fraction of sp³-hybridized carbons (Fsp3) is 0.500. The van der Waals surface area contributed by atoms with E-state index in [1.54, 1.807) is 19.2 Å². The lowest BCUT2D eigenvalue weighted by Gasteiger charge is -2.08. The molecular weight excluding hydrogens is 238 g/mol. The van der Waals surface area contributed by atoms with E-state index in [-0.39, 0.29) is 5.25 Å². The van der Waals surface area contributed by atoms with Gasteiger partial charge in [0.2, 0.25) is 0 Å². The number of sulfone groups is 1. The first-order chi connectivity index (χ1) is 8.11. The van der Waals surface area contributed by atoms with Gasteiger partial charge in [-0.1, -0.05) is 6.07 Å². The van der Waals surface area contributed by atoms with Gasteiger partial charge in [-0.3, -0.25) is 0 Å². The summed E-state index contributed by atoms with van der Waals surface area (Å²) in [5.74, 6) is 0.679. The highest BCUT2D eigenvalue weighted by atomic mass is 32.2. The van der Waals surface area contributed by atoms with Crippen LogP contribution in [0.25, 0.3) is 0 Å². The Labute approximate surface area is 102 Å². The average molecular weight is 255 g/mol. The second-order valence-electron chi connectivity index (χ2n) is 4.20. The van der Waals surface area contributed by atoms with Gasteiger partial charge in [0.05, 0.1) is 17.3 Å². The van der Waals surface area contributed by atoms with Crippen molar-refractivity contribution < 1.29 is 13.2 Å². The van der Waals surface area contributed by atoms with Gasteiger partial charge in [-0.15, -0.1) is 0 Å². The zero-order valence-corrected chi connectivity index (χ0v) is 10.9. The lowest BCUT2D eigenvalue weighted by molar-refractivity contribution is 0.408. The maximum atomic E-state index is 12.3. The van der Waals surface area contributed by atoms with Gasteiger partial charge in [0, 0.05) is 5.56 Å². The molecule has 0 aromatic heterocycles. The Kier molecular flexibility index (Phi) is 3.40. The van der Waals surface area contributed by atoms with Gasteiger partial charge in [0.15, 0.2) is 9.84 Å². The number of rotatable bonds is 4. The van der Waals surface area contributed by atoms with E-state index in [0.29, 0.717) is 30.0 Å². The number of methoxy groups -OCH3 is 1. The Balaban J connectivity index is 2.39. The molecule has 0 aliphatic carbocycles. The summed E-state index contributed by atoms with van der Waals surface area (Å²) in [5.41, 5.74) is 0.830. The van der Waals surface area contributed by atoms with E-state index in [1.807, 2.05) is 13.1 Å². The van der Waals surface area contributed by atoms with Crippen molar-refractivity contribution in [3.63, 3.8) is 0 Å². The van der Waals surface area contributed by atoms with Crippen LogP contribution in [0.2, 0.25) is 0 Å². The van der Waals surface area contributed by atoms with E-state index in [1.165, 1.54) is 0 Å². The number of ether oxygens (including phenoxy) is 1. The maximum absolute atomic E-state index is 12.3. The van der Waals surface area contributed by atoms with Crippen LogP contribution in [0.4, 0.5) is 0 Å². The van der Waals surface area contributed by atoms with Gasteiger partial charge in [0.1, 0.15) is 5.75 Å². The van der Waals surface area contributed by atoms with E-state index in [9.17, 15) is 8.42 Å². The van der Waals surface area contributed by atoms with Crippen LogP contribution in [-0.4, -0.2) is 34.4 Å². The Hall–Kier alpha value is -1.07. The van der Waals surface area contributed by atoms with Gasteiger partial charge >= 0.3 is 0 Å². The zero-order valence-electron chi connectivity index (χ0n) is 10.1. The summed E-state index contributed by atoms with van der Waals surface area (Å²) in [7, 11) is 0.230. The van der Waals surface area contributed by atoms with Crippen molar-refractivity contribution in [2.75, 3.05) is 20.7 Å². The fourth-order valence-corrected chi connectivity index (χ4v) is 4.25. The summed E-state index contributed by atoms with van der Waals surface area (Å²) < 4.78 is 29.8. The van der Waals surface area contributed by atoms with Crippen molar-refractivity contribution in [1.82, 2.24) is 5.32 Å². The lowest BCUT2D eigenvalue weighted by Crippen LogP contribution is -2.22. The summed E-state index contributed by atoms with van der Waals surface area (Å²) in [6.07, 6.45) is 1.19. The van der Waals surface area contributed by atoms with E-state index in [2.05, 4.69) is 5.32 Å². The Morgan fingerprint density at radius 3 is 2.88 bits per heavy atom. The van der Waals surface area contributed by atoms with Gasteiger partial charge in [0.25, 0.3) is 0 Å². The van der Waals surface area contributed by atoms with Crippen molar-refractivity contribution in [2.45, 2.75) is 23.0 Å². The van der Waals surface area contributed by atoms with Crippen LogP contribution >= 0.6 is 0 Å². The van der Waals surface area contributed by atoms with E-state index < -0.39 is 9.84 Å². The second-order valence-corrected chi connectivity index (χ2v) is 6.40. The Morgan fingerprint density at radius 2 is 2.24 bits per heavy atom. The molecule has 4 nitrogen and oxygen atoms in total. The largest absolute Gasteiger partial charge is 0.496 e. The van der Waals surface area contributed by atoms with Crippen molar-refractivity contribution in [3.05, 3.63) is 23.8 Å². The second kappa shape index (κ2) is 4.66. The summed E-state index contributed by atoms with van der Waals surface area (Å²) >= 11 is 0. The first-order valence-electron chi connectivity index (χ1n) is 5.65. The van der Waals surface area contributed by atoms with Gasteiger partial charge in [-0.05, 0) is 38.6 Å². The quantitative estimate of drug-likeness (QED) is 0.872. The SMILES string of the molecule is CNCCC1Cc2c(OC)cccc2S1(=O)=O. The maximum Gasteiger partial charge on any atom is 0.182 e. The van der Waals surface area contributed by atoms with Crippen LogP contribution < -0.4 is 10.1 Å². The molecule has 1 N–H and O–H groups in total. The molecule has 94 valence electrons. The minimum absolute atomic E-state index is 0.318. The minimum atomic E-state index is -3.17. The highest BCUT2D eigenvalue weighted by Gasteiger charge is 2.37. The predicted octanol–water partition coefficient (Wildman–Crippen LogP) is 1.00. The average Bonchev–Trinajstić information content (AvgIpc) is 2.58. The molecule has 0 saturated carbocycles. The third-order valence-electron chi connectivity index (χ3n) is 3.20. The molecule has 1 atom stereocenters. The molecular formula is C12H17NO3S. The standard InChI is InChI=1S/C12H17NO3S/c1-13-7-6-9-8-10-11(16-2)4-3-5-12(10)17(9,14)15/h3-5,9,13H,6-8H2,1-2H3. The summed E-state index contributed by atoms with van der Waals surface area (Å²) in [4.78, 5) is 0.443. The molecule has 1 aromatic rings. The summed E-state index contributed by atoms with van der Waals surface area (Å²) in [5, 5.41) is 2.67. The number of fused-ring (bicyclic) bond motifs is 1. The number of hydrogen-bond acceptors (Lipinski definition) is 4. The van der Waals surface area contributed by atoms with Crippen LogP contribution in [-0.2, 0) is 16.3 Å². The first kappa shape index (κ1) is 12.4. The highest BCUT2D eigenvalue weighted by Crippen LogP contribution is 2.37. The van der Waals surface area contributed by atoms with Gasteiger partial charge < -0.3 is 10.1 Å². The van der Waals surface area contributed by atoms with Crippen molar-refractivity contribution >= 4 is 9.84 Å². The molecule has 17 heavy (non-hydrogen) atoms. The summed E-state index contributed by atoms with van der Waals surface area (Å²) in [6, 6.07) is 5.22. The molecule has 0 bridgehead atoms. The molecule has 5 heteroatoms.